The number of phenols is 1. The number of aliphatic hydroxyl groups is 1. The average Bonchev–Trinajstić information content (AvgIpc) is 2.72. The molecule has 2 unspecified atom stereocenters. The summed E-state index contributed by atoms with van der Waals surface area (Å²) in [6.45, 7) is 1.93. The highest BCUT2D eigenvalue weighted by Gasteiger charge is 2.26. The Bertz CT molecular complexity index is 1020. The van der Waals surface area contributed by atoms with Gasteiger partial charge >= 0.3 is 11.9 Å². The van der Waals surface area contributed by atoms with E-state index in [0.717, 1.165) is 5.56 Å². The summed E-state index contributed by atoms with van der Waals surface area (Å²) in [7, 11) is 1.53. The minimum absolute atomic E-state index is 0.0256. The van der Waals surface area contributed by atoms with Crippen LogP contribution in [0.15, 0.2) is 36.4 Å². The van der Waals surface area contributed by atoms with Crippen molar-refractivity contribution in [1.29, 1.82) is 0 Å². The van der Waals surface area contributed by atoms with E-state index in [0.29, 0.717) is 12.5 Å². The molecule has 0 amide bonds. The van der Waals surface area contributed by atoms with Crippen LogP contribution in [0.1, 0.15) is 29.7 Å². The maximum atomic E-state index is 11.8. The van der Waals surface area contributed by atoms with Gasteiger partial charge in [0.2, 0.25) is 0 Å². The first-order valence-corrected chi connectivity index (χ1v) is 10.4. The van der Waals surface area contributed by atoms with E-state index < -0.39 is 23.6 Å². The normalized spacial score (nSPS) is 13.5. The Hall–Kier alpha value is -2.78. The summed E-state index contributed by atoms with van der Waals surface area (Å²) in [5, 5.41) is 44.8. The Kier molecular flexibility index (Phi) is 8.91. The number of aromatic hydroxyl groups is 1. The lowest BCUT2D eigenvalue weighted by Gasteiger charge is -2.22. The van der Waals surface area contributed by atoms with Crippen LogP contribution in [-0.4, -0.2) is 52.0 Å². The number of aliphatic carboxylic acids is 2. The number of halogens is 2. The zero-order chi connectivity index (χ0) is 24.0. The fraction of sp³-hybridized carbons (Fsp3) is 0.273. The Balaban J connectivity index is 2.35. The van der Waals surface area contributed by atoms with Crippen molar-refractivity contribution < 1.29 is 30.0 Å². The zero-order valence-electron chi connectivity index (χ0n) is 17.4. The second-order valence-electron chi connectivity index (χ2n) is 7.16. The van der Waals surface area contributed by atoms with Crippen LogP contribution in [0.4, 0.5) is 5.69 Å². The number of phenolic OH excluding ortho intramolecular Hbond substituents is 1. The third-order valence-electron chi connectivity index (χ3n) is 4.76. The lowest BCUT2D eigenvalue weighted by molar-refractivity contribution is -0.133. The second-order valence-corrected chi connectivity index (χ2v) is 7.94. The van der Waals surface area contributed by atoms with Gasteiger partial charge < -0.3 is 31.1 Å². The molecule has 32 heavy (non-hydrogen) atoms. The van der Waals surface area contributed by atoms with Gasteiger partial charge in [0.05, 0.1) is 27.4 Å². The number of hydrogen-bond donors (Lipinski definition) is 6. The van der Waals surface area contributed by atoms with Gasteiger partial charge in [-0.1, -0.05) is 35.3 Å². The number of rotatable bonds is 10. The molecule has 10 heteroatoms. The summed E-state index contributed by atoms with van der Waals surface area (Å²) in [6, 6.07) is 8.03. The largest absolute Gasteiger partial charge is 0.508 e. The van der Waals surface area contributed by atoms with Gasteiger partial charge in [-0.15, -0.1) is 0 Å². The number of benzene rings is 2. The summed E-state index contributed by atoms with van der Waals surface area (Å²) >= 11 is 12.6. The Labute approximate surface area is 195 Å². The molecular formula is C22H24Cl2N2O6. The highest BCUT2D eigenvalue weighted by Crippen LogP contribution is 2.41. The molecule has 2 atom stereocenters. The van der Waals surface area contributed by atoms with Crippen LogP contribution in [0, 0.1) is 0 Å². The average molecular weight is 483 g/mol. The van der Waals surface area contributed by atoms with Crippen LogP contribution in [0.3, 0.4) is 0 Å². The SMILES string of the molecule is CNc1c(Cl)cc(C(O)CNC(C)Cc2ccc(O)cc2)c(/C(=C/C(=O)O)C(=O)O)c1Cl. The van der Waals surface area contributed by atoms with Crippen LogP contribution in [0.2, 0.25) is 10.0 Å². The van der Waals surface area contributed by atoms with Gasteiger partial charge in [0.25, 0.3) is 0 Å². The molecule has 0 saturated carbocycles. The summed E-state index contributed by atoms with van der Waals surface area (Å²) in [6.07, 6.45) is -0.0995. The minimum Gasteiger partial charge on any atom is -0.508 e. The van der Waals surface area contributed by atoms with Crippen LogP contribution < -0.4 is 10.6 Å². The third-order valence-corrected chi connectivity index (χ3v) is 5.44. The van der Waals surface area contributed by atoms with E-state index in [2.05, 4.69) is 10.6 Å². The Morgan fingerprint density at radius 1 is 1.16 bits per heavy atom. The van der Waals surface area contributed by atoms with Crippen molar-refractivity contribution in [3.05, 3.63) is 63.1 Å². The molecule has 172 valence electrons. The molecule has 0 aromatic heterocycles. The maximum absolute atomic E-state index is 11.8. The predicted octanol–water partition coefficient (Wildman–Crippen LogP) is 3.55. The van der Waals surface area contributed by atoms with Gasteiger partial charge in [0.15, 0.2) is 0 Å². The molecule has 2 rings (SSSR count). The molecule has 0 aliphatic heterocycles. The van der Waals surface area contributed by atoms with Gasteiger partial charge in [0, 0.05) is 31.3 Å². The van der Waals surface area contributed by atoms with Crippen molar-refractivity contribution in [3.63, 3.8) is 0 Å². The van der Waals surface area contributed by atoms with E-state index in [1.165, 1.54) is 13.1 Å². The van der Waals surface area contributed by atoms with Crippen molar-refractivity contribution in [2.24, 2.45) is 0 Å². The molecule has 0 aliphatic rings. The number of nitrogens with one attached hydrogen (secondary N) is 2. The first-order valence-electron chi connectivity index (χ1n) is 9.62. The fourth-order valence-corrected chi connectivity index (χ4v) is 4.01. The molecule has 0 spiro atoms. The van der Waals surface area contributed by atoms with Crippen LogP contribution in [-0.2, 0) is 16.0 Å². The zero-order valence-corrected chi connectivity index (χ0v) is 18.9. The molecule has 6 N–H and O–H groups in total. The monoisotopic (exact) mass is 482 g/mol. The molecule has 0 radical (unpaired) electrons. The predicted molar refractivity (Wildman–Crippen MR) is 123 cm³/mol. The second kappa shape index (κ2) is 11.2. The Morgan fingerprint density at radius 3 is 2.31 bits per heavy atom. The summed E-state index contributed by atoms with van der Waals surface area (Å²) in [4.78, 5) is 23.0. The maximum Gasteiger partial charge on any atom is 0.336 e. The highest BCUT2D eigenvalue weighted by atomic mass is 35.5. The van der Waals surface area contributed by atoms with Crippen LogP contribution in [0.5, 0.6) is 5.75 Å². The van der Waals surface area contributed by atoms with E-state index in [1.54, 1.807) is 24.3 Å². The van der Waals surface area contributed by atoms with Gasteiger partial charge in [-0.2, -0.15) is 0 Å². The molecule has 0 aliphatic carbocycles. The lowest BCUT2D eigenvalue weighted by Crippen LogP contribution is -2.32. The van der Waals surface area contributed by atoms with E-state index in [-0.39, 0.29) is 45.2 Å². The van der Waals surface area contributed by atoms with E-state index in [4.69, 9.17) is 28.3 Å². The number of carboxylic acids is 2. The number of aliphatic hydroxyl groups excluding tert-OH is 1. The minimum atomic E-state index is -1.51. The summed E-state index contributed by atoms with van der Waals surface area (Å²) in [5.74, 6) is -2.82. The number of anilines is 1. The standard InChI is InChI=1S/C22H24Cl2N2O6/c1-11(7-12-3-5-13(27)6-4-12)26-10-17(28)14-8-16(23)21(25-2)20(24)19(14)15(22(31)32)9-18(29)30/h3-6,8-9,11,17,25-28H,7,10H2,1-2H3,(H,29,30)(H,31,32)/b15-9-. The molecule has 2 aromatic rings. The highest BCUT2D eigenvalue weighted by molar-refractivity contribution is 6.41. The van der Waals surface area contributed by atoms with Crippen molar-refractivity contribution in [1.82, 2.24) is 5.32 Å². The summed E-state index contributed by atoms with van der Waals surface area (Å²) in [5.41, 5.74) is 0.557. The van der Waals surface area contributed by atoms with Crippen LogP contribution in [0.25, 0.3) is 5.57 Å². The van der Waals surface area contributed by atoms with Crippen molar-refractivity contribution in [2.45, 2.75) is 25.5 Å². The molecule has 0 saturated heterocycles. The van der Waals surface area contributed by atoms with E-state index in [9.17, 15) is 24.9 Å². The molecule has 0 fully saturated rings. The number of carboxylic acid groups (broad SMARTS) is 2. The van der Waals surface area contributed by atoms with E-state index >= 15 is 0 Å². The number of carbonyl (C=O) groups is 2. The smallest absolute Gasteiger partial charge is 0.336 e. The molecular weight excluding hydrogens is 459 g/mol. The number of hydrogen-bond acceptors (Lipinski definition) is 6. The van der Waals surface area contributed by atoms with Gasteiger partial charge in [-0.3, -0.25) is 0 Å². The molecule has 2 aromatic carbocycles. The van der Waals surface area contributed by atoms with Gasteiger partial charge in [-0.05, 0) is 42.7 Å². The lowest BCUT2D eigenvalue weighted by atomic mass is 9.94. The molecule has 8 nitrogen and oxygen atoms in total. The molecule has 0 heterocycles. The van der Waals surface area contributed by atoms with Crippen LogP contribution >= 0.6 is 23.2 Å². The van der Waals surface area contributed by atoms with Gasteiger partial charge in [-0.25, -0.2) is 9.59 Å². The third kappa shape index (κ3) is 6.37. The van der Waals surface area contributed by atoms with Crippen molar-refractivity contribution >= 4 is 46.4 Å². The topological polar surface area (TPSA) is 139 Å². The van der Waals surface area contributed by atoms with Crippen molar-refractivity contribution in [2.75, 3.05) is 18.9 Å². The first-order chi connectivity index (χ1) is 15.0. The fourth-order valence-electron chi connectivity index (χ4n) is 3.25. The van der Waals surface area contributed by atoms with Crippen molar-refractivity contribution in [3.8, 4) is 5.75 Å². The first kappa shape index (κ1) is 25.5. The quantitative estimate of drug-likeness (QED) is 0.282. The Morgan fingerprint density at radius 2 is 1.78 bits per heavy atom. The molecule has 0 bridgehead atoms. The van der Waals surface area contributed by atoms with Gasteiger partial charge in [0.1, 0.15) is 5.75 Å². The summed E-state index contributed by atoms with van der Waals surface area (Å²) < 4.78 is 0. The van der Waals surface area contributed by atoms with E-state index in [1.807, 2.05) is 6.92 Å².